The van der Waals surface area contributed by atoms with Gasteiger partial charge in [-0.25, -0.2) is 28.2 Å². The highest BCUT2D eigenvalue weighted by atomic mass is 32.2. The van der Waals surface area contributed by atoms with Crippen molar-refractivity contribution in [2.75, 3.05) is 5.32 Å². The first-order valence-corrected chi connectivity index (χ1v) is 14.1. The highest BCUT2D eigenvalue weighted by Gasteiger charge is 2.45. The molecule has 36 heavy (non-hydrogen) atoms. The summed E-state index contributed by atoms with van der Waals surface area (Å²) in [5.41, 5.74) is 2.00. The summed E-state index contributed by atoms with van der Waals surface area (Å²) in [6.45, 7) is 7.38. The van der Waals surface area contributed by atoms with E-state index in [1.54, 1.807) is 19.1 Å². The number of sulfone groups is 1. The Balaban J connectivity index is 1.27. The van der Waals surface area contributed by atoms with Crippen LogP contribution < -0.4 is 10.1 Å². The predicted molar refractivity (Wildman–Crippen MR) is 133 cm³/mol. The van der Waals surface area contributed by atoms with Crippen LogP contribution in [-0.4, -0.2) is 63.9 Å². The van der Waals surface area contributed by atoms with Crippen molar-refractivity contribution in [3.63, 3.8) is 0 Å². The van der Waals surface area contributed by atoms with Crippen molar-refractivity contribution in [1.82, 2.24) is 19.9 Å². The van der Waals surface area contributed by atoms with Crippen molar-refractivity contribution in [3.05, 3.63) is 29.7 Å². The molecule has 2 aromatic heterocycles. The lowest BCUT2D eigenvalue weighted by molar-refractivity contribution is 0.0207. The smallest absolute Gasteiger partial charge is 0.410 e. The molecule has 2 unspecified atom stereocenters. The number of amides is 1. The van der Waals surface area contributed by atoms with Gasteiger partial charge in [-0.15, -0.1) is 0 Å². The van der Waals surface area contributed by atoms with Gasteiger partial charge in [-0.1, -0.05) is 0 Å². The molecule has 3 atom stereocenters. The fraction of sp³-hybridized carbons (Fsp3) is 0.600. The van der Waals surface area contributed by atoms with Gasteiger partial charge >= 0.3 is 6.09 Å². The standard InChI is InChI=1S/C25H33N5O5S/c1-14(2)34-25(31)30-17-5-6-18(30)12-19(11-17)35-24-15(3)23(26-13-27-24)29-21-9-10-22(28-16(21)4)36(32,33)20-7-8-20/h9-10,13-14,17-20H,5-8,11-12H2,1-4H3,(H,26,27,29)/t17-,18?,19?/m0/s1. The van der Waals surface area contributed by atoms with Gasteiger partial charge in [0.1, 0.15) is 18.2 Å². The number of carbonyl (C=O) groups excluding carboxylic acids is 1. The van der Waals surface area contributed by atoms with Gasteiger partial charge in [-0.3, -0.25) is 0 Å². The van der Waals surface area contributed by atoms with E-state index in [-0.39, 0.29) is 40.7 Å². The van der Waals surface area contributed by atoms with Gasteiger partial charge in [0, 0.05) is 24.9 Å². The first kappa shape index (κ1) is 24.7. The van der Waals surface area contributed by atoms with Crippen LogP contribution >= 0.6 is 0 Å². The van der Waals surface area contributed by atoms with Gasteiger partial charge in [0.15, 0.2) is 14.9 Å². The van der Waals surface area contributed by atoms with Crippen molar-refractivity contribution >= 4 is 27.4 Å². The second-order valence-electron chi connectivity index (χ2n) is 10.2. The number of ether oxygens (including phenoxy) is 2. The number of fused-ring (bicyclic) bond motifs is 2. The van der Waals surface area contributed by atoms with Gasteiger partial charge < -0.3 is 19.7 Å². The summed E-state index contributed by atoms with van der Waals surface area (Å²) in [6.07, 6.45) is 5.79. The van der Waals surface area contributed by atoms with Gasteiger partial charge in [-0.05, 0) is 65.5 Å². The van der Waals surface area contributed by atoms with Crippen molar-refractivity contribution in [3.8, 4) is 5.88 Å². The van der Waals surface area contributed by atoms with Crippen LogP contribution in [-0.2, 0) is 14.6 Å². The molecule has 194 valence electrons. The van der Waals surface area contributed by atoms with E-state index in [1.165, 1.54) is 6.33 Å². The van der Waals surface area contributed by atoms with Crippen LogP contribution in [0.1, 0.15) is 63.6 Å². The van der Waals surface area contributed by atoms with Crippen LogP contribution in [0, 0.1) is 13.8 Å². The quantitative estimate of drug-likeness (QED) is 0.581. The normalized spacial score (nSPS) is 23.6. The summed E-state index contributed by atoms with van der Waals surface area (Å²) >= 11 is 0. The van der Waals surface area contributed by atoms with E-state index in [0.717, 1.165) is 31.2 Å². The van der Waals surface area contributed by atoms with E-state index in [0.29, 0.717) is 35.9 Å². The average Bonchev–Trinajstić information content (AvgIpc) is 3.63. The topological polar surface area (TPSA) is 124 Å². The second kappa shape index (κ2) is 9.49. The van der Waals surface area contributed by atoms with Crippen LogP contribution in [0.2, 0.25) is 0 Å². The molecule has 1 saturated carbocycles. The number of aromatic nitrogens is 3. The van der Waals surface area contributed by atoms with E-state index in [1.807, 2.05) is 25.7 Å². The summed E-state index contributed by atoms with van der Waals surface area (Å²) in [6, 6.07) is 3.49. The minimum atomic E-state index is -3.35. The van der Waals surface area contributed by atoms with Gasteiger partial charge in [0.2, 0.25) is 5.88 Å². The molecule has 4 heterocycles. The average molecular weight is 516 g/mol. The van der Waals surface area contributed by atoms with Gasteiger partial charge in [0.25, 0.3) is 0 Å². The highest BCUT2D eigenvalue weighted by molar-refractivity contribution is 7.92. The Labute approximate surface area is 211 Å². The van der Waals surface area contributed by atoms with E-state index in [4.69, 9.17) is 9.47 Å². The molecule has 3 aliphatic rings. The number of carbonyl (C=O) groups is 1. The van der Waals surface area contributed by atoms with Gasteiger partial charge in [0.05, 0.1) is 28.3 Å². The zero-order valence-corrected chi connectivity index (χ0v) is 21.9. The molecule has 5 rings (SSSR count). The number of hydrogen-bond donors (Lipinski definition) is 1. The predicted octanol–water partition coefficient (Wildman–Crippen LogP) is 4.09. The third kappa shape index (κ3) is 4.85. The maximum atomic E-state index is 12.5. The molecule has 11 heteroatoms. The Hall–Kier alpha value is -2.95. The molecule has 2 aromatic rings. The molecule has 0 aromatic carbocycles. The molecular weight excluding hydrogens is 482 g/mol. The summed E-state index contributed by atoms with van der Waals surface area (Å²) in [4.78, 5) is 27.5. The minimum Gasteiger partial charge on any atom is -0.474 e. The summed E-state index contributed by atoms with van der Waals surface area (Å²) in [7, 11) is -3.35. The largest absolute Gasteiger partial charge is 0.474 e. The molecule has 2 bridgehead atoms. The zero-order valence-electron chi connectivity index (χ0n) is 21.1. The van der Waals surface area contributed by atoms with E-state index in [9.17, 15) is 13.2 Å². The van der Waals surface area contributed by atoms with Crippen LogP contribution in [0.4, 0.5) is 16.3 Å². The third-order valence-corrected chi connectivity index (χ3v) is 9.28. The summed E-state index contributed by atoms with van der Waals surface area (Å²) < 4.78 is 36.8. The summed E-state index contributed by atoms with van der Waals surface area (Å²) in [5, 5.41) is 3.08. The monoisotopic (exact) mass is 515 g/mol. The third-order valence-electron chi connectivity index (χ3n) is 7.12. The number of hydrogen-bond acceptors (Lipinski definition) is 9. The first-order chi connectivity index (χ1) is 17.1. The second-order valence-corrected chi connectivity index (χ2v) is 12.4. The molecule has 0 spiro atoms. The number of anilines is 2. The molecule has 1 N–H and O–H groups in total. The van der Waals surface area contributed by atoms with Crippen molar-refractivity contribution < 1.29 is 22.7 Å². The lowest BCUT2D eigenvalue weighted by Crippen LogP contribution is -2.50. The minimum absolute atomic E-state index is 0.0534. The highest BCUT2D eigenvalue weighted by Crippen LogP contribution is 2.39. The zero-order chi connectivity index (χ0) is 25.6. The Morgan fingerprint density at radius 2 is 1.78 bits per heavy atom. The van der Waals surface area contributed by atoms with Crippen LogP contribution in [0.5, 0.6) is 5.88 Å². The molecule has 1 aliphatic carbocycles. The maximum Gasteiger partial charge on any atom is 0.410 e. The lowest BCUT2D eigenvalue weighted by Gasteiger charge is -2.38. The maximum absolute atomic E-state index is 12.5. The van der Waals surface area contributed by atoms with Crippen LogP contribution in [0.25, 0.3) is 0 Å². The fourth-order valence-corrected chi connectivity index (χ4v) is 6.75. The lowest BCUT2D eigenvalue weighted by atomic mass is 10.0. The Kier molecular flexibility index (Phi) is 6.52. The Morgan fingerprint density at radius 1 is 1.08 bits per heavy atom. The molecule has 2 saturated heterocycles. The van der Waals surface area contributed by atoms with Crippen molar-refractivity contribution in [2.24, 2.45) is 0 Å². The summed E-state index contributed by atoms with van der Waals surface area (Å²) in [5.74, 6) is 1.07. The molecule has 2 aliphatic heterocycles. The number of pyridine rings is 1. The van der Waals surface area contributed by atoms with Gasteiger partial charge in [-0.2, -0.15) is 0 Å². The van der Waals surface area contributed by atoms with Crippen molar-refractivity contribution in [2.45, 2.75) is 101 Å². The Morgan fingerprint density at radius 3 is 2.39 bits per heavy atom. The molecular formula is C25H33N5O5S. The molecule has 1 amide bonds. The molecule has 10 nitrogen and oxygen atoms in total. The number of rotatable bonds is 7. The number of aryl methyl sites for hydroxylation is 1. The Bertz CT molecular complexity index is 1250. The fourth-order valence-electron chi connectivity index (χ4n) is 5.13. The van der Waals surface area contributed by atoms with E-state index < -0.39 is 9.84 Å². The molecule has 0 radical (unpaired) electrons. The SMILES string of the molecule is Cc1nc(S(=O)(=O)C2CC2)ccc1Nc1ncnc(OC2CC3CC[C@@H](C2)N3C(=O)OC(C)C)c1C. The number of piperidine rings is 1. The van der Waals surface area contributed by atoms with Crippen LogP contribution in [0.3, 0.4) is 0 Å². The van der Waals surface area contributed by atoms with E-state index >= 15 is 0 Å². The number of nitrogens with zero attached hydrogens (tertiary/aromatic N) is 4. The van der Waals surface area contributed by atoms with E-state index in [2.05, 4.69) is 20.3 Å². The van der Waals surface area contributed by atoms with Crippen LogP contribution in [0.15, 0.2) is 23.5 Å². The number of nitrogens with one attached hydrogen (secondary N) is 1. The molecule has 3 fully saturated rings. The van der Waals surface area contributed by atoms with Crippen molar-refractivity contribution in [1.29, 1.82) is 0 Å². The first-order valence-electron chi connectivity index (χ1n) is 12.6.